The van der Waals surface area contributed by atoms with Crippen molar-refractivity contribution in [2.75, 3.05) is 26.0 Å². The Morgan fingerprint density at radius 3 is 2.69 bits per heavy atom. The van der Waals surface area contributed by atoms with Gasteiger partial charge in [-0.05, 0) is 53.3 Å². The van der Waals surface area contributed by atoms with E-state index < -0.39 is 11.2 Å². The molecule has 3 rings (SSSR count). The van der Waals surface area contributed by atoms with Crippen molar-refractivity contribution in [3.05, 3.63) is 64.7 Å². The molecule has 0 amide bonds. The Morgan fingerprint density at radius 1 is 1.25 bits per heavy atom. The lowest BCUT2D eigenvalue weighted by atomic mass is 9.96. The number of nitrogens with zero attached hydrogens (tertiary/aromatic N) is 1. The van der Waals surface area contributed by atoms with E-state index >= 15 is 0 Å². The predicted molar refractivity (Wildman–Crippen MR) is 130 cm³/mol. The van der Waals surface area contributed by atoms with Crippen LogP contribution in [0.3, 0.4) is 0 Å². The largest absolute Gasteiger partial charge is 0.611 e. The fourth-order valence-electron chi connectivity index (χ4n) is 3.53. The van der Waals surface area contributed by atoms with Crippen LogP contribution in [0.2, 0.25) is 0 Å². The summed E-state index contributed by atoms with van der Waals surface area (Å²) >= 11 is -1.17. The molecule has 168 valence electrons. The molecule has 0 radical (unpaired) electrons. The van der Waals surface area contributed by atoms with Gasteiger partial charge in [0.15, 0.2) is 4.90 Å². The number of pyridine rings is 1. The predicted octanol–water partition coefficient (Wildman–Crippen LogP) is 2.91. The van der Waals surface area contributed by atoms with Gasteiger partial charge in [-0.1, -0.05) is 6.07 Å². The van der Waals surface area contributed by atoms with Crippen LogP contribution in [-0.4, -0.2) is 46.5 Å². The summed E-state index contributed by atoms with van der Waals surface area (Å²) in [7, 11) is 3.45. The van der Waals surface area contributed by atoms with Crippen molar-refractivity contribution in [3.63, 3.8) is 0 Å². The van der Waals surface area contributed by atoms with Gasteiger partial charge in [-0.2, -0.15) is 0 Å². The van der Waals surface area contributed by atoms with Crippen LogP contribution in [0.1, 0.15) is 12.5 Å². The number of aromatic nitrogens is 1. The number of hydrogen-bond acceptors (Lipinski definition) is 6. The van der Waals surface area contributed by atoms with Crippen molar-refractivity contribution in [3.8, 4) is 16.9 Å². The van der Waals surface area contributed by atoms with Gasteiger partial charge in [0.2, 0.25) is 0 Å². The third-order valence-electron chi connectivity index (χ3n) is 5.09. The number of nitrogens with one attached hydrogen (secondary N) is 2. The minimum atomic E-state index is -1.17. The van der Waals surface area contributed by atoms with Crippen LogP contribution >= 0.6 is 0 Å². The van der Waals surface area contributed by atoms with E-state index in [1.807, 2.05) is 25.1 Å². The lowest BCUT2D eigenvalue weighted by Crippen LogP contribution is -2.17. The van der Waals surface area contributed by atoms with Crippen molar-refractivity contribution in [1.29, 1.82) is 5.41 Å². The summed E-state index contributed by atoms with van der Waals surface area (Å²) in [5.74, 6) is 1.01. The Kier molecular flexibility index (Phi) is 7.74. The SMILES string of the molecule is CC[S+]([O-])c1ccc(OCCO)c(-c2cn(C)c(=O)c3ccc(/C(C=N)=C/NC)cc23)c1. The van der Waals surface area contributed by atoms with Crippen LogP contribution in [0.15, 0.2) is 58.5 Å². The Balaban J connectivity index is 2.36. The van der Waals surface area contributed by atoms with E-state index in [2.05, 4.69) is 5.32 Å². The highest BCUT2D eigenvalue weighted by atomic mass is 32.2. The average molecular weight is 454 g/mol. The summed E-state index contributed by atoms with van der Waals surface area (Å²) in [6, 6.07) is 10.8. The lowest BCUT2D eigenvalue weighted by Gasteiger charge is -2.17. The number of hydrogen-bond donors (Lipinski definition) is 3. The summed E-state index contributed by atoms with van der Waals surface area (Å²) in [4.78, 5) is 13.5. The van der Waals surface area contributed by atoms with Gasteiger partial charge < -0.3 is 29.7 Å². The van der Waals surface area contributed by atoms with Gasteiger partial charge in [0, 0.05) is 60.9 Å². The highest BCUT2D eigenvalue weighted by Gasteiger charge is 2.18. The Labute approximate surface area is 190 Å². The number of aliphatic hydroxyl groups is 1. The summed E-state index contributed by atoms with van der Waals surface area (Å²) in [5, 5.41) is 21.1. The number of aryl methyl sites for hydroxylation is 1. The summed E-state index contributed by atoms with van der Waals surface area (Å²) in [6.07, 6.45) is 4.70. The van der Waals surface area contributed by atoms with Crippen LogP contribution in [0.4, 0.5) is 0 Å². The average Bonchev–Trinajstić information content (AvgIpc) is 2.82. The maximum absolute atomic E-state index is 12.8. The van der Waals surface area contributed by atoms with Crippen molar-refractivity contribution in [1.82, 2.24) is 9.88 Å². The van der Waals surface area contributed by atoms with Crippen LogP contribution in [0.25, 0.3) is 27.5 Å². The zero-order chi connectivity index (χ0) is 23.3. The molecule has 7 nitrogen and oxygen atoms in total. The van der Waals surface area contributed by atoms with Gasteiger partial charge in [-0.3, -0.25) is 4.79 Å². The molecule has 2 aromatic carbocycles. The number of rotatable bonds is 9. The molecule has 0 aliphatic heterocycles. The minimum absolute atomic E-state index is 0.112. The number of benzene rings is 2. The van der Waals surface area contributed by atoms with Crippen LogP contribution < -0.4 is 15.6 Å². The molecule has 8 heteroatoms. The molecule has 3 N–H and O–H groups in total. The first-order chi connectivity index (χ1) is 15.4. The fourth-order valence-corrected chi connectivity index (χ4v) is 4.34. The molecule has 0 saturated carbocycles. The second kappa shape index (κ2) is 10.5. The standard InChI is InChI=1S/C24H27N3O4S/c1-4-32(30)18-6-8-23(31-10-9-28)21(12-18)22-15-27(3)24(29)19-7-5-16(11-20(19)22)17(13-25)14-26-2/h5-8,11-15,25-26,28H,4,9-10H2,1-3H3/b17-14+,25-13?. The van der Waals surface area contributed by atoms with Crippen LogP contribution in [0, 0.1) is 5.41 Å². The molecule has 0 aliphatic carbocycles. The maximum Gasteiger partial charge on any atom is 0.258 e. The smallest absolute Gasteiger partial charge is 0.258 e. The second-order valence-corrected chi connectivity index (χ2v) is 8.86. The molecule has 32 heavy (non-hydrogen) atoms. The first-order valence-corrected chi connectivity index (χ1v) is 11.5. The zero-order valence-electron chi connectivity index (χ0n) is 18.3. The van der Waals surface area contributed by atoms with Gasteiger partial charge in [0.25, 0.3) is 5.56 Å². The van der Waals surface area contributed by atoms with E-state index in [-0.39, 0.29) is 18.8 Å². The van der Waals surface area contributed by atoms with E-state index in [9.17, 15) is 14.5 Å². The molecule has 3 aromatic rings. The summed E-state index contributed by atoms with van der Waals surface area (Å²) < 4.78 is 19.8. The third kappa shape index (κ3) is 4.72. The van der Waals surface area contributed by atoms with Crippen LogP contribution in [0.5, 0.6) is 5.75 Å². The van der Waals surface area contributed by atoms with Crippen molar-refractivity contribution < 1.29 is 14.4 Å². The molecular formula is C24H27N3O4S. The van der Waals surface area contributed by atoms with E-state index in [1.54, 1.807) is 44.7 Å². The summed E-state index contributed by atoms with van der Waals surface area (Å²) in [6.45, 7) is 1.83. The number of allylic oxidation sites excluding steroid dienone is 1. The molecule has 0 bridgehead atoms. The van der Waals surface area contributed by atoms with E-state index in [1.165, 1.54) is 10.8 Å². The first kappa shape index (κ1) is 23.6. The topological polar surface area (TPSA) is 110 Å². The molecule has 1 unspecified atom stereocenters. The normalized spacial score (nSPS) is 12.6. The first-order valence-electron chi connectivity index (χ1n) is 10.2. The molecule has 0 saturated heterocycles. The Bertz CT molecular complexity index is 1220. The molecule has 0 spiro atoms. The highest BCUT2D eigenvalue weighted by Crippen LogP contribution is 2.37. The van der Waals surface area contributed by atoms with Gasteiger partial charge in [-0.15, -0.1) is 0 Å². The van der Waals surface area contributed by atoms with E-state index in [0.29, 0.717) is 38.3 Å². The molecule has 0 fully saturated rings. The maximum atomic E-state index is 12.8. The van der Waals surface area contributed by atoms with Crippen molar-refractivity contribution in [2.45, 2.75) is 11.8 Å². The quantitative estimate of drug-likeness (QED) is 0.341. The number of ether oxygens (including phenoxy) is 1. The summed E-state index contributed by atoms with van der Waals surface area (Å²) in [5.41, 5.74) is 2.72. The molecular weight excluding hydrogens is 426 g/mol. The molecule has 1 aromatic heterocycles. The lowest BCUT2D eigenvalue weighted by molar-refractivity contribution is 0.202. The minimum Gasteiger partial charge on any atom is -0.611 e. The second-order valence-electron chi connectivity index (χ2n) is 7.12. The zero-order valence-corrected chi connectivity index (χ0v) is 19.2. The fraction of sp³-hybridized carbons (Fsp3) is 0.250. The van der Waals surface area contributed by atoms with E-state index in [4.69, 9.17) is 10.1 Å². The van der Waals surface area contributed by atoms with Gasteiger partial charge in [-0.25, -0.2) is 0 Å². The monoisotopic (exact) mass is 453 g/mol. The number of fused-ring (bicyclic) bond motifs is 1. The third-order valence-corrected chi connectivity index (χ3v) is 6.39. The number of aliphatic hydroxyl groups excluding tert-OH is 1. The molecule has 0 aliphatic rings. The Morgan fingerprint density at radius 2 is 2.03 bits per heavy atom. The van der Waals surface area contributed by atoms with Crippen LogP contribution in [-0.2, 0) is 18.2 Å². The highest BCUT2D eigenvalue weighted by molar-refractivity contribution is 7.91. The van der Waals surface area contributed by atoms with E-state index in [0.717, 1.165) is 11.1 Å². The van der Waals surface area contributed by atoms with Gasteiger partial charge >= 0.3 is 0 Å². The van der Waals surface area contributed by atoms with Gasteiger partial charge in [0.1, 0.15) is 18.1 Å². The van der Waals surface area contributed by atoms with Crippen molar-refractivity contribution in [2.24, 2.45) is 7.05 Å². The van der Waals surface area contributed by atoms with Crippen molar-refractivity contribution >= 4 is 33.7 Å². The molecule has 1 atom stereocenters. The van der Waals surface area contributed by atoms with Gasteiger partial charge in [0.05, 0.1) is 6.61 Å². The Hall–Kier alpha value is -3.07. The molecule has 1 heterocycles.